The predicted octanol–water partition coefficient (Wildman–Crippen LogP) is 4.08. The molecule has 2 aromatic carbocycles. The first-order valence-electron chi connectivity index (χ1n) is 8.29. The van der Waals surface area contributed by atoms with Crippen molar-refractivity contribution >= 4 is 17.3 Å². The van der Waals surface area contributed by atoms with Crippen molar-refractivity contribution in [3.63, 3.8) is 0 Å². The summed E-state index contributed by atoms with van der Waals surface area (Å²) in [4.78, 5) is 15.0. The fourth-order valence-electron chi connectivity index (χ4n) is 3.35. The summed E-state index contributed by atoms with van der Waals surface area (Å²) in [6, 6.07) is 14.3. The molecule has 1 aliphatic heterocycles. The number of rotatable bonds is 3. The molecule has 1 atom stereocenters. The van der Waals surface area contributed by atoms with Gasteiger partial charge in [-0.05, 0) is 56.4 Å². The third-order valence-corrected chi connectivity index (χ3v) is 4.72. The molecule has 120 valence electrons. The van der Waals surface area contributed by atoms with Crippen molar-refractivity contribution in [2.45, 2.75) is 39.7 Å². The highest BCUT2D eigenvalue weighted by Gasteiger charge is 2.26. The zero-order chi connectivity index (χ0) is 16.4. The topological polar surface area (TPSA) is 32.3 Å². The fourth-order valence-corrected chi connectivity index (χ4v) is 3.35. The van der Waals surface area contributed by atoms with Crippen LogP contribution in [0.25, 0.3) is 0 Å². The SMILES string of the molecule is Cc1cccc(C)c1NC(=O)[C@H](C)N1CCCc2ccccc21. The quantitative estimate of drug-likeness (QED) is 0.926. The van der Waals surface area contributed by atoms with Crippen LogP contribution in [-0.4, -0.2) is 18.5 Å². The maximum atomic E-state index is 12.8. The standard InChI is InChI=1S/C20H24N2O/c1-14-8-6-9-15(2)19(14)21-20(23)16(3)22-13-7-11-17-10-4-5-12-18(17)22/h4-6,8-10,12,16H,7,11,13H2,1-3H3,(H,21,23)/t16-/m0/s1. The number of anilines is 2. The smallest absolute Gasteiger partial charge is 0.246 e. The molecule has 23 heavy (non-hydrogen) atoms. The zero-order valence-corrected chi connectivity index (χ0v) is 14.1. The van der Waals surface area contributed by atoms with E-state index in [4.69, 9.17) is 0 Å². The highest BCUT2D eigenvalue weighted by molar-refractivity contribution is 5.98. The summed E-state index contributed by atoms with van der Waals surface area (Å²) in [5.41, 5.74) is 5.68. The molecule has 3 nitrogen and oxygen atoms in total. The monoisotopic (exact) mass is 308 g/mol. The molecule has 0 radical (unpaired) electrons. The molecule has 0 saturated heterocycles. The Balaban J connectivity index is 1.81. The fraction of sp³-hybridized carbons (Fsp3) is 0.350. The molecule has 1 N–H and O–H groups in total. The Hall–Kier alpha value is -2.29. The molecule has 3 heteroatoms. The van der Waals surface area contributed by atoms with Crippen LogP contribution in [0, 0.1) is 13.8 Å². The zero-order valence-electron chi connectivity index (χ0n) is 14.1. The van der Waals surface area contributed by atoms with Crippen LogP contribution in [0.15, 0.2) is 42.5 Å². The highest BCUT2D eigenvalue weighted by atomic mass is 16.2. The van der Waals surface area contributed by atoms with E-state index in [0.717, 1.165) is 36.2 Å². The van der Waals surface area contributed by atoms with E-state index in [0.29, 0.717) is 0 Å². The van der Waals surface area contributed by atoms with Crippen molar-refractivity contribution in [1.82, 2.24) is 0 Å². The van der Waals surface area contributed by atoms with Gasteiger partial charge in [0.25, 0.3) is 0 Å². The molecule has 3 rings (SSSR count). The van der Waals surface area contributed by atoms with Gasteiger partial charge in [-0.15, -0.1) is 0 Å². The molecular formula is C20H24N2O. The highest BCUT2D eigenvalue weighted by Crippen LogP contribution is 2.29. The number of amides is 1. The van der Waals surface area contributed by atoms with Gasteiger partial charge in [0.15, 0.2) is 0 Å². The number of benzene rings is 2. The molecule has 0 aliphatic carbocycles. The van der Waals surface area contributed by atoms with Gasteiger partial charge in [-0.2, -0.15) is 0 Å². The molecule has 1 heterocycles. The van der Waals surface area contributed by atoms with E-state index in [-0.39, 0.29) is 11.9 Å². The van der Waals surface area contributed by atoms with Crippen LogP contribution < -0.4 is 10.2 Å². The lowest BCUT2D eigenvalue weighted by Gasteiger charge is -2.35. The van der Waals surface area contributed by atoms with Crippen molar-refractivity contribution in [3.8, 4) is 0 Å². The number of para-hydroxylation sites is 2. The van der Waals surface area contributed by atoms with Crippen molar-refractivity contribution in [2.24, 2.45) is 0 Å². The molecule has 0 aromatic heterocycles. The van der Waals surface area contributed by atoms with Crippen LogP contribution in [-0.2, 0) is 11.2 Å². The lowest BCUT2D eigenvalue weighted by Crippen LogP contribution is -2.44. The van der Waals surface area contributed by atoms with Gasteiger partial charge in [-0.25, -0.2) is 0 Å². The van der Waals surface area contributed by atoms with Gasteiger partial charge < -0.3 is 10.2 Å². The van der Waals surface area contributed by atoms with Crippen molar-refractivity contribution in [1.29, 1.82) is 0 Å². The third kappa shape index (κ3) is 3.09. The number of hydrogen-bond donors (Lipinski definition) is 1. The average Bonchev–Trinajstić information content (AvgIpc) is 2.57. The number of nitrogens with zero attached hydrogens (tertiary/aromatic N) is 1. The summed E-state index contributed by atoms with van der Waals surface area (Å²) in [6.07, 6.45) is 2.19. The lowest BCUT2D eigenvalue weighted by molar-refractivity contribution is -0.117. The summed E-state index contributed by atoms with van der Waals surface area (Å²) in [5, 5.41) is 3.13. The van der Waals surface area contributed by atoms with Crippen LogP contribution in [0.4, 0.5) is 11.4 Å². The van der Waals surface area contributed by atoms with Crippen molar-refractivity contribution in [3.05, 3.63) is 59.2 Å². The van der Waals surface area contributed by atoms with Gasteiger partial charge in [-0.3, -0.25) is 4.79 Å². The largest absolute Gasteiger partial charge is 0.360 e. The van der Waals surface area contributed by atoms with E-state index < -0.39 is 0 Å². The Kier molecular flexibility index (Phi) is 4.37. The first kappa shape index (κ1) is 15.6. The Morgan fingerprint density at radius 3 is 2.52 bits per heavy atom. The van der Waals surface area contributed by atoms with Crippen LogP contribution in [0.3, 0.4) is 0 Å². The number of aryl methyl sites for hydroxylation is 3. The van der Waals surface area contributed by atoms with Gasteiger partial charge in [0.05, 0.1) is 0 Å². The average molecular weight is 308 g/mol. The van der Waals surface area contributed by atoms with Gasteiger partial charge in [0.2, 0.25) is 5.91 Å². The summed E-state index contributed by atoms with van der Waals surface area (Å²) in [6.45, 7) is 6.98. The molecule has 2 aromatic rings. The van der Waals surface area contributed by atoms with E-state index >= 15 is 0 Å². The van der Waals surface area contributed by atoms with Crippen molar-refractivity contribution < 1.29 is 4.79 Å². The number of hydrogen-bond acceptors (Lipinski definition) is 2. The van der Waals surface area contributed by atoms with E-state index in [2.05, 4.69) is 28.4 Å². The van der Waals surface area contributed by atoms with Gasteiger partial charge in [0.1, 0.15) is 6.04 Å². The second-order valence-corrected chi connectivity index (χ2v) is 6.36. The van der Waals surface area contributed by atoms with Gasteiger partial charge >= 0.3 is 0 Å². The minimum atomic E-state index is -0.185. The maximum absolute atomic E-state index is 12.8. The summed E-state index contributed by atoms with van der Waals surface area (Å²) in [7, 11) is 0. The minimum Gasteiger partial charge on any atom is -0.360 e. The van der Waals surface area contributed by atoms with Gasteiger partial charge in [0, 0.05) is 17.9 Å². The van der Waals surface area contributed by atoms with Gasteiger partial charge in [-0.1, -0.05) is 36.4 Å². The second-order valence-electron chi connectivity index (χ2n) is 6.36. The molecule has 0 saturated carbocycles. The summed E-state index contributed by atoms with van der Waals surface area (Å²) in [5.74, 6) is 0.0547. The Bertz CT molecular complexity index is 703. The van der Waals surface area contributed by atoms with Crippen LogP contribution in [0.2, 0.25) is 0 Å². The Morgan fingerprint density at radius 2 is 1.78 bits per heavy atom. The van der Waals surface area contributed by atoms with Crippen LogP contribution in [0.1, 0.15) is 30.0 Å². The third-order valence-electron chi connectivity index (χ3n) is 4.72. The maximum Gasteiger partial charge on any atom is 0.246 e. The van der Waals surface area contributed by atoms with E-state index in [1.807, 2.05) is 45.0 Å². The Morgan fingerprint density at radius 1 is 1.09 bits per heavy atom. The normalized spacial score (nSPS) is 15.0. The van der Waals surface area contributed by atoms with E-state index in [1.54, 1.807) is 0 Å². The minimum absolute atomic E-state index is 0.0547. The van der Waals surface area contributed by atoms with E-state index in [1.165, 1.54) is 11.3 Å². The first-order chi connectivity index (χ1) is 11.1. The van der Waals surface area contributed by atoms with Crippen molar-refractivity contribution in [2.75, 3.05) is 16.8 Å². The number of carbonyl (C=O) groups is 1. The number of carbonyl (C=O) groups excluding carboxylic acids is 1. The second kappa shape index (κ2) is 6.45. The summed E-state index contributed by atoms with van der Waals surface area (Å²) < 4.78 is 0. The molecular weight excluding hydrogens is 284 g/mol. The molecule has 1 amide bonds. The Labute approximate surface area is 138 Å². The lowest BCUT2D eigenvalue weighted by atomic mass is 10.00. The summed E-state index contributed by atoms with van der Waals surface area (Å²) >= 11 is 0. The molecule has 0 bridgehead atoms. The van der Waals surface area contributed by atoms with Crippen LogP contribution in [0.5, 0.6) is 0 Å². The number of fused-ring (bicyclic) bond motifs is 1. The molecule has 0 fully saturated rings. The van der Waals surface area contributed by atoms with E-state index in [9.17, 15) is 4.79 Å². The molecule has 0 spiro atoms. The molecule has 1 aliphatic rings. The predicted molar refractivity (Wildman–Crippen MR) is 96.1 cm³/mol. The number of nitrogens with one attached hydrogen (secondary N) is 1. The first-order valence-corrected chi connectivity index (χ1v) is 8.29. The van der Waals surface area contributed by atoms with Crippen LogP contribution >= 0.6 is 0 Å². The molecule has 0 unspecified atom stereocenters.